The summed E-state index contributed by atoms with van der Waals surface area (Å²) in [7, 11) is 0. The van der Waals surface area contributed by atoms with Gasteiger partial charge in [-0.3, -0.25) is 4.79 Å². The maximum absolute atomic E-state index is 12.7. The molecule has 0 radical (unpaired) electrons. The monoisotopic (exact) mass is 446 g/mol. The highest BCUT2D eigenvalue weighted by atomic mass is 32.2. The van der Waals surface area contributed by atoms with Crippen LogP contribution in [0.2, 0.25) is 0 Å². The van der Waals surface area contributed by atoms with E-state index in [9.17, 15) is 4.79 Å². The van der Waals surface area contributed by atoms with Crippen LogP contribution in [-0.2, 0) is 4.79 Å². The molecule has 4 rings (SSSR count). The van der Waals surface area contributed by atoms with Gasteiger partial charge in [-0.15, -0.1) is 11.8 Å². The molecule has 0 atom stereocenters. The average molecular weight is 447 g/mol. The van der Waals surface area contributed by atoms with E-state index in [0.29, 0.717) is 11.7 Å². The van der Waals surface area contributed by atoms with Crippen LogP contribution in [0.5, 0.6) is 0 Å². The number of hydrogen-bond acceptors (Lipinski definition) is 5. The molecule has 0 spiro atoms. The molecular weight excluding hydrogens is 416 g/mol. The Balaban J connectivity index is 1.47. The van der Waals surface area contributed by atoms with Crippen molar-refractivity contribution in [1.82, 2.24) is 14.9 Å². The molecule has 1 fully saturated rings. The second kappa shape index (κ2) is 10.2. The zero-order chi connectivity index (χ0) is 22.5. The molecule has 0 N–H and O–H groups in total. The average Bonchev–Trinajstić information content (AvgIpc) is 2.83. The molecule has 1 aliphatic heterocycles. The fraction of sp³-hybridized carbons (Fsp3) is 0.346. The minimum Gasteiger partial charge on any atom is -0.353 e. The van der Waals surface area contributed by atoms with Crippen molar-refractivity contribution in [3.05, 3.63) is 71.9 Å². The number of piperazine rings is 1. The smallest absolute Gasteiger partial charge is 0.233 e. The van der Waals surface area contributed by atoms with E-state index in [1.54, 1.807) is 11.8 Å². The topological polar surface area (TPSA) is 49.3 Å². The van der Waals surface area contributed by atoms with E-state index < -0.39 is 0 Å². The molecule has 1 amide bonds. The predicted molar refractivity (Wildman–Crippen MR) is 132 cm³/mol. The lowest BCUT2D eigenvalue weighted by molar-refractivity contribution is -0.128. The van der Waals surface area contributed by atoms with E-state index in [4.69, 9.17) is 9.97 Å². The van der Waals surface area contributed by atoms with E-state index in [-0.39, 0.29) is 5.91 Å². The van der Waals surface area contributed by atoms with Crippen molar-refractivity contribution in [2.75, 3.05) is 36.8 Å². The van der Waals surface area contributed by atoms with Gasteiger partial charge in [0.2, 0.25) is 5.91 Å². The number of aryl methyl sites for hydroxylation is 1. The van der Waals surface area contributed by atoms with E-state index in [1.807, 2.05) is 53.4 Å². The summed E-state index contributed by atoms with van der Waals surface area (Å²) >= 11 is 1.60. The minimum atomic E-state index is 0.200. The van der Waals surface area contributed by atoms with Crippen LogP contribution in [0.4, 0.5) is 5.82 Å². The molecule has 1 aliphatic rings. The lowest BCUT2D eigenvalue weighted by Gasteiger charge is -2.37. The van der Waals surface area contributed by atoms with Crippen LogP contribution in [-0.4, -0.2) is 52.7 Å². The van der Waals surface area contributed by atoms with Crippen molar-refractivity contribution in [2.45, 2.75) is 31.6 Å². The van der Waals surface area contributed by atoms with Crippen LogP contribution in [0.15, 0.2) is 65.6 Å². The SMILES string of the molecule is Cc1nc(-c2ccccc2)nc(N2CCN(C(=O)CSc3ccccc3)CC2)c1C(C)C. The molecule has 0 unspecified atom stereocenters. The number of thioether (sulfide) groups is 1. The molecule has 3 aromatic rings. The molecule has 32 heavy (non-hydrogen) atoms. The molecule has 1 aromatic heterocycles. The van der Waals surface area contributed by atoms with Gasteiger partial charge in [0.1, 0.15) is 5.82 Å². The van der Waals surface area contributed by atoms with Crippen molar-refractivity contribution >= 4 is 23.5 Å². The molecule has 1 saturated heterocycles. The van der Waals surface area contributed by atoms with Crippen molar-refractivity contribution in [1.29, 1.82) is 0 Å². The summed E-state index contributed by atoms with van der Waals surface area (Å²) < 4.78 is 0. The van der Waals surface area contributed by atoms with Crippen molar-refractivity contribution in [3.63, 3.8) is 0 Å². The summed E-state index contributed by atoms with van der Waals surface area (Å²) in [6.45, 7) is 9.46. The van der Waals surface area contributed by atoms with Crippen LogP contribution < -0.4 is 4.90 Å². The molecule has 0 aliphatic carbocycles. The highest BCUT2D eigenvalue weighted by Gasteiger charge is 2.26. The first kappa shape index (κ1) is 22.3. The number of hydrogen-bond donors (Lipinski definition) is 0. The van der Waals surface area contributed by atoms with Crippen LogP contribution in [0, 0.1) is 6.92 Å². The number of anilines is 1. The van der Waals surface area contributed by atoms with Crippen LogP contribution in [0.3, 0.4) is 0 Å². The van der Waals surface area contributed by atoms with Gasteiger partial charge in [-0.2, -0.15) is 0 Å². The third-order valence-corrected chi connectivity index (χ3v) is 6.76. The predicted octanol–water partition coefficient (Wildman–Crippen LogP) is 5.02. The number of rotatable bonds is 6. The number of aromatic nitrogens is 2. The zero-order valence-corrected chi connectivity index (χ0v) is 19.8. The molecule has 0 saturated carbocycles. The van der Waals surface area contributed by atoms with Crippen LogP contribution in [0.1, 0.15) is 31.0 Å². The van der Waals surface area contributed by atoms with Gasteiger partial charge in [-0.05, 0) is 25.0 Å². The first-order valence-electron chi connectivity index (χ1n) is 11.2. The Bertz CT molecular complexity index is 1050. The largest absolute Gasteiger partial charge is 0.353 e. The molecule has 5 nitrogen and oxygen atoms in total. The minimum absolute atomic E-state index is 0.200. The lowest BCUT2D eigenvalue weighted by atomic mass is 10.0. The van der Waals surface area contributed by atoms with E-state index >= 15 is 0 Å². The fourth-order valence-corrected chi connectivity index (χ4v) is 4.94. The van der Waals surface area contributed by atoms with Crippen LogP contribution in [0.25, 0.3) is 11.4 Å². The Morgan fingerprint density at radius 3 is 2.19 bits per heavy atom. The maximum Gasteiger partial charge on any atom is 0.233 e. The maximum atomic E-state index is 12.7. The first-order valence-corrected chi connectivity index (χ1v) is 12.2. The number of amides is 1. The number of nitrogens with zero attached hydrogens (tertiary/aromatic N) is 4. The van der Waals surface area contributed by atoms with Crippen molar-refractivity contribution in [3.8, 4) is 11.4 Å². The quantitative estimate of drug-likeness (QED) is 0.498. The molecular formula is C26H30N4OS. The van der Waals surface area contributed by atoms with Crippen LogP contribution >= 0.6 is 11.8 Å². The summed E-state index contributed by atoms with van der Waals surface area (Å²) in [5, 5.41) is 0. The Morgan fingerprint density at radius 2 is 1.56 bits per heavy atom. The Labute approximate surface area is 194 Å². The van der Waals surface area contributed by atoms with E-state index in [1.165, 1.54) is 5.56 Å². The molecule has 0 bridgehead atoms. The molecule has 6 heteroatoms. The van der Waals surface area contributed by atoms with Gasteiger partial charge in [0.05, 0.1) is 5.75 Å². The van der Waals surface area contributed by atoms with Crippen molar-refractivity contribution < 1.29 is 4.79 Å². The Morgan fingerprint density at radius 1 is 0.938 bits per heavy atom. The van der Waals surface area contributed by atoms with Gasteiger partial charge in [-0.1, -0.05) is 62.4 Å². The Kier molecular flexibility index (Phi) is 7.10. The number of carbonyl (C=O) groups excluding carboxylic acids is 1. The van der Waals surface area contributed by atoms with Gasteiger partial charge >= 0.3 is 0 Å². The van der Waals surface area contributed by atoms with E-state index in [0.717, 1.165) is 54.0 Å². The van der Waals surface area contributed by atoms with Gasteiger partial charge in [0.15, 0.2) is 5.82 Å². The van der Waals surface area contributed by atoms with Gasteiger partial charge in [-0.25, -0.2) is 9.97 Å². The summed E-state index contributed by atoms with van der Waals surface area (Å²) in [5.41, 5.74) is 3.25. The third-order valence-electron chi connectivity index (χ3n) is 5.76. The standard InChI is InChI=1S/C26H30N4OS/c1-19(2)24-20(3)27-25(21-10-6-4-7-11-21)28-26(24)30-16-14-29(15-17-30)23(31)18-32-22-12-8-5-9-13-22/h4-13,19H,14-18H2,1-3H3. The first-order chi connectivity index (χ1) is 15.5. The zero-order valence-electron chi connectivity index (χ0n) is 19.0. The van der Waals surface area contributed by atoms with Crippen molar-refractivity contribution in [2.24, 2.45) is 0 Å². The third kappa shape index (κ3) is 5.13. The summed E-state index contributed by atoms with van der Waals surface area (Å²) in [4.78, 5) is 28.0. The highest BCUT2D eigenvalue weighted by molar-refractivity contribution is 8.00. The molecule has 2 heterocycles. The van der Waals surface area contributed by atoms with Gasteiger partial charge in [0, 0.05) is 47.9 Å². The Hall–Kier alpha value is -2.86. The second-order valence-corrected chi connectivity index (χ2v) is 9.41. The second-order valence-electron chi connectivity index (χ2n) is 8.36. The summed E-state index contributed by atoms with van der Waals surface area (Å²) in [5.74, 6) is 2.78. The molecule has 2 aromatic carbocycles. The normalized spacial score (nSPS) is 14.1. The van der Waals surface area contributed by atoms with E-state index in [2.05, 4.69) is 37.8 Å². The van der Waals surface area contributed by atoms with Gasteiger partial charge < -0.3 is 9.80 Å². The fourth-order valence-electron chi connectivity index (χ4n) is 4.12. The lowest BCUT2D eigenvalue weighted by Crippen LogP contribution is -2.50. The number of benzene rings is 2. The highest BCUT2D eigenvalue weighted by Crippen LogP contribution is 2.31. The number of carbonyl (C=O) groups is 1. The molecule has 166 valence electrons. The summed E-state index contributed by atoms with van der Waals surface area (Å²) in [6, 6.07) is 20.2. The van der Waals surface area contributed by atoms with Gasteiger partial charge in [0.25, 0.3) is 0 Å². The summed E-state index contributed by atoms with van der Waals surface area (Å²) in [6.07, 6.45) is 0.